The van der Waals surface area contributed by atoms with Gasteiger partial charge in [-0.25, -0.2) is 4.39 Å². The van der Waals surface area contributed by atoms with Crippen LogP contribution in [0.5, 0.6) is 0 Å². The van der Waals surface area contributed by atoms with E-state index in [0.29, 0.717) is 16.6 Å². The fourth-order valence-corrected chi connectivity index (χ4v) is 2.23. The highest BCUT2D eigenvalue weighted by Crippen LogP contribution is 2.25. The number of amides is 2. The van der Waals surface area contributed by atoms with E-state index < -0.39 is 11.9 Å². The van der Waals surface area contributed by atoms with Crippen LogP contribution < -0.4 is 10.2 Å². The molecule has 0 saturated carbocycles. The lowest BCUT2D eigenvalue weighted by atomic mass is 10.1. The summed E-state index contributed by atoms with van der Waals surface area (Å²) in [6.45, 7) is 1.76. The molecule has 1 aliphatic rings. The Balaban J connectivity index is 2.41. The van der Waals surface area contributed by atoms with Crippen molar-refractivity contribution in [2.24, 2.45) is 0 Å². The van der Waals surface area contributed by atoms with Crippen molar-refractivity contribution >= 4 is 33.4 Å². The Morgan fingerprint density at radius 1 is 1.50 bits per heavy atom. The summed E-state index contributed by atoms with van der Waals surface area (Å²) in [6, 6.07) is 3.82. The third kappa shape index (κ3) is 2.25. The molecule has 1 saturated heterocycles. The first-order valence-electron chi connectivity index (χ1n) is 5.59. The summed E-state index contributed by atoms with van der Waals surface area (Å²) in [4.78, 5) is 24.9. The van der Waals surface area contributed by atoms with Crippen LogP contribution in [-0.2, 0) is 9.59 Å². The van der Waals surface area contributed by atoms with Gasteiger partial charge in [0.25, 0.3) is 0 Å². The Morgan fingerprint density at radius 2 is 2.22 bits per heavy atom. The van der Waals surface area contributed by atoms with E-state index in [1.54, 1.807) is 6.07 Å². The average Bonchev–Trinajstić information content (AvgIpc) is 2.35. The first-order chi connectivity index (χ1) is 8.54. The van der Waals surface area contributed by atoms with Crippen molar-refractivity contribution in [3.63, 3.8) is 0 Å². The maximum Gasteiger partial charge on any atom is 0.247 e. The molecule has 1 unspecified atom stereocenters. The summed E-state index contributed by atoms with van der Waals surface area (Å²) in [5.41, 5.74) is 0.405. The molecule has 2 amide bonds. The molecule has 1 N–H and O–H groups in total. The zero-order chi connectivity index (χ0) is 13.3. The molecule has 0 aliphatic carbocycles. The second-order valence-corrected chi connectivity index (χ2v) is 4.86. The minimum Gasteiger partial charge on any atom is -0.345 e. The molecule has 0 radical (unpaired) electrons. The number of hydrogen-bond acceptors (Lipinski definition) is 2. The molecule has 1 heterocycles. The molecule has 1 aromatic carbocycles. The summed E-state index contributed by atoms with van der Waals surface area (Å²) in [6.07, 6.45) is 0.481. The molecule has 18 heavy (non-hydrogen) atoms. The Bertz CT molecular complexity index is 507. The lowest BCUT2D eigenvalue weighted by Gasteiger charge is -2.34. The van der Waals surface area contributed by atoms with Crippen molar-refractivity contribution in [2.45, 2.75) is 19.4 Å². The average molecular weight is 315 g/mol. The van der Waals surface area contributed by atoms with Gasteiger partial charge in [-0.15, -0.1) is 0 Å². The maximum absolute atomic E-state index is 13.5. The van der Waals surface area contributed by atoms with Crippen LogP contribution in [0.3, 0.4) is 0 Å². The van der Waals surface area contributed by atoms with Gasteiger partial charge >= 0.3 is 0 Å². The molecule has 1 fully saturated rings. The molecule has 1 atom stereocenters. The minimum absolute atomic E-state index is 0.0486. The molecule has 1 aliphatic heterocycles. The van der Waals surface area contributed by atoms with Crippen LogP contribution in [0.1, 0.15) is 13.3 Å². The molecule has 0 bridgehead atoms. The standard InChI is InChI=1S/C12H12BrFN2O2/c1-2-10-12(18)15-6-11(17)16(10)7-3-4-8(13)9(14)5-7/h3-5,10H,2,6H2,1H3,(H,15,18). The van der Waals surface area contributed by atoms with Crippen LogP contribution in [0.4, 0.5) is 10.1 Å². The van der Waals surface area contributed by atoms with Crippen LogP contribution in [0, 0.1) is 5.82 Å². The molecule has 96 valence electrons. The number of nitrogens with zero attached hydrogens (tertiary/aromatic N) is 1. The van der Waals surface area contributed by atoms with E-state index >= 15 is 0 Å². The number of carbonyl (C=O) groups excluding carboxylic acids is 2. The summed E-state index contributed by atoms with van der Waals surface area (Å²) >= 11 is 3.05. The second-order valence-electron chi connectivity index (χ2n) is 4.00. The smallest absolute Gasteiger partial charge is 0.247 e. The van der Waals surface area contributed by atoms with Crippen molar-refractivity contribution < 1.29 is 14.0 Å². The van der Waals surface area contributed by atoms with Crippen molar-refractivity contribution in [1.29, 1.82) is 0 Å². The van der Waals surface area contributed by atoms with Crippen LogP contribution in [-0.4, -0.2) is 24.4 Å². The van der Waals surface area contributed by atoms with Gasteiger partial charge in [-0.2, -0.15) is 0 Å². The SMILES string of the molecule is CCC1C(=O)NCC(=O)N1c1ccc(Br)c(F)c1. The summed E-state index contributed by atoms with van der Waals surface area (Å²) < 4.78 is 13.8. The van der Waals surface area contributed by atoms with Gasteiger partial charge in [-0.1, -0.05) is 6.92 Å². The minimum atomic E-state index is -0.577. The van der Waals surface area contributed by atoms with E-state index in [1.165, 1.54) is 17.0 Å². The molecule has 6 heteroatoms. The van der Waals surface area contributed by atoms with Gasteiger partial charge in [-0.3, -0.25) is 14.5 Å². The first-order valence-corrected chi connectivity index (χ1v) is 6.38. The number of anilines is 1. The first kappa shape index (κ1) is 13.0. The summed E-state index contributed by atoms with van der Waals surface area (Å²) in [5.74, 6) is -0.898. The van der Waals surface area contributed by atoms with Crippen LogP contribution >= 0.6 is 15.9 Å². The highest BCUT2D eigenvalue weighted by molar-refractivity contribution is 9.10. The van der Waals surface area contributed by atoms with Gasteiger partial charge in [0.1, 0.15) is 11.9 Å². The van der Waals surface area contributed by atoms with Crippen LogP contribution in [0.2, 0.25) is 0 Å². The van der Waals surface area contributed by atoms with E-state index in [4.69, 9.17) is 0 Å². The summed E-state index contributed by atoms with van der Waals surface area (Å²) in [7, 11) is 0. The zero-order valence-electron chi connectivity index (χ0n) is 9.74. The second kappa shape index (κ2) is 5.06. The molecule has 4 nitrogen and oxygen atoms in total. The highest BCUT2D eigenvalue weighted by atomic mass is 79.9. The monoisotopic (exact) mass is 314 g/mol. The Kier molecular flexibility index (Phi) is 3.65. The van der Waals surface area contributed by atoms with Crippen LogP contribution in [0.25, 0.3) is 0 Å². The quantitative estimate of drug-likeness (QED) is 0.905. The van der Waals surface area contributed by atoms with E-state index in [1.807, 2.05) is 6.92 Å². The summed E-state index contributed by atoms with van der Waals surface area (Å²) in [5, 5.41) is 2.53. The van der Waals surface area contributed by atoms with Crippen molar-refractivity contribution in [2.75, 3.05) is 11.4 Å². The van der Waals surface area contributed by atoms with Crippen molar-refractivity contribution in [1.82, 2.24) is 5.32 Å². The molecular formula is C12H12BrFN2O2. The molecule has 2 rings (SSSR count). The molecule has 0 spiro atoms. The van der Waals surface area contributed by atoms with Gasteiger partial charge in [0, 0.05) is 5.69 Å². The number of rotatable bonds is 2. The number of nitrogens with one attached hydrogen (secondary N) is 1. The van der Waals surface area contributed by atoms with Gasteiger partial charge in [0.2, 0.25) is 11.8 Å². The maximum atomic E-state index is 13.5. The highest BCUT2D eigenvalue weighted by Gasteiger charge is 2.34. The number of hydrogen-bond donors (Lipinski definition) is 1. The zero-order valence-corrected chi connectivity index (χ0v) is 11.3. The number of carbonyl (C=O) groups is 2. The lowest BCUT2D eigenvalue weighted by Crippen LogP contribution is -2.58. The Labute approximate surface area is 112 Å². The number of piperazine rings is 1. The fourth-order valence-electron chi connectivity index (χ4n) is 1.98. The van der Waals surface area contributed by atoms with Crippen molar-refractivity contribution in [3.8, 4) is 0 Å². The van der Waals surface area contributed by atoms with Gasteiger partial charge in [-0.05, 0) is 40.5 Å². The topological polar surface area (TPSA) is 49.4 Å². The van der Waals surface area contributed by atoms with Crippen molar-refractivity contribution in [3.05, 3.63) is 28.5 Å². The van der Waals surface area contributed by atoms with E-state index in [0.717, 1.165) is 0 Å². The van der Waals surface area contributed by atoms with E-state index in [9.17, 15) is 14.0 Å². The molecular weight excluding hydrogens is 303 g/mol. The van der Waals surface area contributed by atoms with Gasteiger partial charge in [0.05, 0.1) is 11.0 Å². The molecule has 0 aromatic heterocycles. The fraction of sp³-hybridized carbons (Fsp3) is 0.333. The van der Waals surface area contributed by atoms with Gasteiger partial charge in [0.15, 0.2) is 0 Å². The van der Waals surface area contributed by atoms with Crippen LogP contribution in [0.15, 0.2) is 22.7 Å². The third-order valence-electron chi connectivity index (χ3n) is 2.86. The largest absolute Gasteiger partial charge is 0.345 e. The van der Waals surface area contributed by atoms with E-state index in [2.05, 4.69) is 21.2 Å². The third-order valence-corrected chi connectivity index (χ3v) is 3.51. The molecule has 1 aromatic rings. The normalized spacial score (nSPS) is 19.9. The predicted octanol–water partition coefficient (Wildman–Crippen LogP) is 1.83. The lowest BCUT2D eigenvalue weighted by molar-refractivity contribution is -0.131. The number of halogens is 2. The van der Waals surface area contributed by atoms with E-state index in [-0.39, 0.29) is 18.4 Å². The number of benzene rings is 1. The van der Waals surface area contributed by atoms with Gasteiger partial charge < -0.3 is 5.32 Å². The Hall–Kier alpha value is -1.43. The Morgan fingerprint density at radius 3 is 2.83 bits per heavy atom. The predicted molar refractivity (Wildman–Crippen MR) is 68.7 cm³/mol.